The van der Waals surface area contributed by atoms with Crippen LogP contribution in [0.1, 0.15) is 11.4 Å². The van der Waals surface area contributed by atoms with Crippen LogP contribution < -0.4 is 0 Å². The van der Waals surface area contributed by atoms with Crippen molar-refractivity contribution in [3.05, 3.63) is 46.0 Å². The zero-order valence-corrected chi connectivity index (χ0v) is 12.3. The summed E-state index contributed by atoms with van der Waals surface area (Å²) in [5.74, 6) is 0.591. The molecular formula is C14H14Cl2N2O. The molecule has 1 heterocycles. The van der Waals surface area contributed by atoms with Crippen LogP contribution in [-0.4, -0.2) is 23.7 Å². The maximum Gasteiger partial charge on any atom is 0.142 e. The minimum Gasteiger partial charge on any atom is -0.384 e. The van der Waals surface area contributed by atoms with E-state index < -0.39 is 0 Å². The van der Waals surface area contributed by atoms with Crippen LogP contribution in [0.4, 0.5) is 0 Å². The Balaban J connectivity index is 2.42. The fraction of sp³-hybridized carbons (Fsp3) is 0.286. The molecule has 0 N–H and O–H groups in total. The van der Waals surface area contributed by atoms with Crippen molar-refractivity contribution >= 4 is 23.2 Å². The number of hydrogen-bond acceptors (Lipinski definition) is 3. The molecule has 2 aromatic rings. The molecule has 0 atom stereocenters. The second-order valence-electron chi connectivity index (χ2n) is 4.21. The van der Waals surface area contributed by atoms with Gasteiger partial charge in [0.05, 0.1) is 12.2 Å². The van der Waals surface area contributed by atoms with E-state index in [0.717, 1.165) is 11.1 Å². The number of hydrogen-bond donors (Lipinski definition) is 0. The van der Waals surface area contributed by atoms with Gasteiger partial charge in [-0.3, -0.25) is 0 Å². The molecule has 1 aromatic heterocycles. The van der Waals surface area contributed by atoms with Crippen LogP contribution in [0.5, 0.6) is 0 Å². The van der Waals surface area contributed by atoms with Crippen LogP contribution >= 0.6 is 23.2 Å². The number of rotatable bonds is 4. The van der Waals surface area contributed by atoms with Gasteiger partial charge in [-0.2, -0.15) is 0 Å². The van der Waals surface area contributed by atoms with Gasteiger partial charge >= 0.3 is 0 Å². The average molecular weight is 297 g/mol. The van der Waals surface area contributed by atoms with E-state index in [1.165, 1.54) is 0 Å². The Bertz CT molecular complexity index is 564. The lowest BCUT2D eigenvalue weighted by Crippen LogP contribution is -2.02. The van der Waals surface area contributed by atoms with Crippen molar-refractivity contribution in [2.45, 2.75) is 13.3 Å². The van der Waals surface area contributed by atoms with Gasteiger partial charge in [0.25, 0.3) is 0 Å². The lowest BCUT2D eigenvalue weighted by molar-refractivity contribution is 0.200. The monoisotopic (exact) mass is 296 g/mol. The van der Waals surface area contributed by atoms with Crippen LogP contribution in [0.3, 0.4) is 0 Å². The Morgan fingerprint density at radius 1 is 1.16 bits per heavy atom. The van der Waals surface area contributed by atoms with Gasteiger partial charge in [0.1, 0.15) is 16.1 Å². The Hall–Kier alpha value is -1.16. The number of methoxy groups -OCH3 is 1. The third kappa shape index (κ3) is 3.44. The summed E-state index contributed by atoms with van der Waals surface area (Å²) in [6.45, 7) is 2.55. The molecule has 0 aliphatic carbocycles. The molecule has 100 valence electrons. The third-order valence-electron chi connectivity index (χ3n) is 2.70. The zero-order valence-electron chi connectivity index (χ0n) is 10.8. The van der Waals surface area contributed by atoms with E-state index in [9.17, 15) is 0 Å². The van der Waals surface area contributed by atoms with Gasteiger partial charge in [0.15, 0.2) is 0 Å². The van der Waals surface area contributed by atoms with Gasteiger partial charge in [-0.05, 0) is 12.5 Å². The molecule has 0 aliphatic heterocycles. The van der Waals surface area contributed by atoms with Crippen molar-refractivity contribution in [3.8, 4) is 11.1 Å². The largest absolute Gasteiger partial charge is 0.384 e. The van der Waals surface area contributed by atoms with Gasteiger partial charge in [0.2, 0.25) is 0 Å². The summed E-state index contributed by atoms with van der Waals surface area (Å²) in [4.78, 5) is 8.53. The number of nitrogens with zero attached hydrogens (tertiary/aromatic N) is 2. The first kappa shape index (κ1) is 14.3. The summed E-state index contributed by atoms with van der Waals surface area (Å²) in [5, 5.41) is 0.744. The highest BCUT2D eigenvalue weighted by molar-refractivity contribution is 6.37. The van der Waals surface area contributed by atoms with E-state index in [-0.39, 0.29) is 0 Å². The summed E-state index contributed by atoms with van der Waals surface area (Å²) in [6.07, 6.45) is 0.587. The first-order chi connectivity index (χ1) is 9.11. The number of aryl methyl sites for hydroxylation is 1. The Morgan fingerprint density at radius 2 is 1.84 bits per heavy atom. The standard InChI is InChI=1S/C14H14Cl2N2O/c1-9-4-3-5-10(8-9)12-13(15)17-11(6-7-19-2)18-14(12)16/h3-5,8H,6-7H2,1-2H3. The van der Waals surface area contributed by atoms with Crippen molar-refractivity contribution in [2.24, 2.45) is 0 Å². The summed E-state index contributed by atoms with van der Waals surface area (Å²) < 4.78 is 4.99. The van der Waals surface area contributed by atoms with Gasteiger partial charge in [-0.25, -0.2) is 9.97 Å². The van der Waals surface area contributed by atoms with Gasteiger partial charge in [-0.1, -0.05) is 53.0 Å². The minimum atomic E-state index is 0.372. The molecule has 3 nitrogen and oxygen atoms in total. The van der Waals surface area contributed by atoms with Gasteiger partial charge in [0, 0.05) is 13.5 Å². The van der Waals surface area contributed by atoms with E-state index >= 15 is 0 Å². The topological polar surface area (TPSA) is 35.0 Å². The van der Waals surface area contributed by atoms with Crippen molar-refractivity contribution < 1.29 is 4.74 Å². The maximum atomic E-state index is 6.22. The molecule has 0 unspecified atom stereocenters. The van der Waals surface area contributed by atoms with E-state index in [1.807, 2.05) is 31.2 Å². The lowest BCUT2D eigenvalue weighted by Gasteiger charge is -2.09. The van der Waals surface area contributed by atoms with Crippen LogP contribution in [0.15, 0.2) is 24.3 Å². The molecule has 2 rings (SSSR count). The van der Waals surface area contributed by atoms with Crippen molar-refractivity contribution in [1.29, 1.82) is 0 Å². The zero-order chi connectivity index (χ0) is 13.8. The predicted octanol–water partition coefficient (Wildman–Crippen LogP) is 3.95. The molecule has 0 amide bonds. The molecule has 0 aliphatic rings. The first-order valence-electron chi connectivity index (χ1n) is 5.89. The molecule has 0 bridgehead atoms. The SMILES string of the molecule is COCCc1nc(Cl)c(-c2cccc(C)c2)c(Cl)n1. The normalized spacial score (nSPS) is 10.7. The number of aromatic nitrogens is 2. The van der Waals surface area contributed by atoms with Crippen LogP contribution in [0, 0.1) is 6.92 Å². The van der Waals surface area contributed by atoms with E-state index in [1.54, 1.807) is 7.11 Å². The second kappa shape index (κ2) is 6.33. The van der Waals surface area contributed by atoms with E-state index in [4.69, 9.17) is 27.9 Å². The van der Waals surface area contributed by atoms with Gasteiger partial charge < -0.3 is 4.74 Å². The highest BCUT2D eigenvalue weighted by atomic mass is 35.5. The molecule has 5 heteroatoms. The molecule has 19 heavy (non-hydrogen) atoms. The second-order valence-corrected chi connectivity index (χ2v) is 4.92. The summed E-state index contributed by atoms with van der Waals surface area (Å²) in [6, 6.07) is 7.92. The minimum absolute atomic E-state index is 0.372. The average Bonchev–Trinajstić information content (AvgIpc) is 2.35. The molecular weight excluding hydrogens is 283 g/mol. The smallest absolute Gasteiger partial charge is 0.142 e. The van der Waals surface area contributed by atoms with Crippen LogP contribution in [0.25, 0.3) is 11.1 Å². The maximum absolute atomic E-state index is 6.22. The quantitative estimate of drug-likeness (QED) is 0.802. The Labute approximate surface area is 122 Å². The molecule has 0 radical (unpaired) electrons. The Kier molecular flexibility index (Phi) is 4.75. The van der Waals surface area contributed by atoms with Crippen molar-refractivity contribution in [1.82, 2.24) is 9.97 Å². The molecule has 0 saturated carbocycles. The Morgan fingerprint density at radius 3 is 2.42 bits per heavy atom. The molecule has 0 fully saturated rings. The van der Waals surface area contributed by atoms with Crippen molar-refractivity contribution in [3.63, 3.8) is 0 Å². The van der Waals surface area contributed by atoms with E-state index in [0.29, 0.717) is 34.7 Å². The fourth-order valence-corrected chi connectivity index (χ4v) is 2.43. The van der Waals surface area contributed by atoms with E-state index in [2.05, 4.69) is 9.97 Å². The summed E-state index contributed by atoms with van der Waals surface area (Å²) >= 11 is 12.4. The highest BCUT2D eigenvalue weighted by Gasteiger charge is 2.13. The third-order valence-corrected chi connectivity index (χ3v) is 3.25. The molecule has 1 aromatic carbocycles. The first-order valence-corrected chi connectivity index (χ1v) is 6.65. The van der Waals surface area contributed by atoms with Gasteiger partial charge in [-0.15, -0.1) is 0 Å². The molecule has 0 saturated heterocycles. The van der Waals surface area contributed by atoms with Crippen LogP contribution in [-0.2, 0) is 11.2 Å². The van der Waals surface area contributed by atoms with Crippen LogP contribution in [0.2, 0.25) is 10.3 Å². The number of benzene rings is 1. The fourth-order valence-electron chi connectivity index (χ4n) is 1.79. The highest BCUT2D eigenvalue weighted by Crippen LogP contribution is 2.32. The van der Waals surface area contributed by atoms with Crippen molar-refractivity contribution in [2.75, 3.05) is 13.7 Å². The summed E-state index contributed by atoms with van der Waals surface area (Å²) in [5.41, 5.74) is 2.73. The predicted molar refractivity (Wildman–Crippen MR) is 77.8 cm³/mol. The summed E-state index contributed by atoms with van der Waals surface area (Å²) in [7, 11) is 1.63. The number of ether oxygens (including phenoxy) is 1. The molecule has 0 spiro atoms. The lowest BCUT2D eigenvalue weighted by atomic mass is 10.1. The number of halogens is 2.